The number of hydrogen-bond acceptors (Lipinski definition) is 4. The molecule has 6 heteroatoms. The number of carbonyl (C=O) groups excluding carboxylic acids is 1. The van der Waals surface area contributed by atoms with Crippen LogP contribution in [0.2, 0.25) is 0 Å². The summed E-state index contributed by atoms with van der Waals surface area (Å²) in [4.78, 5) is 16.2. The average Bonchev–Trinajstić information content (AvgIpc) is 2.48. The van der Waals surface area contributed by atoms with E-state index in [1.54, 1.807) is 36.5 Å². The van der Waals surface area contributed by atoms with E-state index in [1.165, 1.54) is 0 Å². The monoisotopic (exact) mass is 301 g/mol. The number of pyridine rings is 1. The Morgan fingerprint density at radius 3 is 2.81 bits per heavy atom. The third-order valence-corrected chi connectivity index (χ3v) is 3.00. The molecule has 5 nitrogen and oxygen atoms in total. The minimum Gasteiger partial charge on any atom is -0.483 e. The van der Waals surface area contributed by atoms with E-state index in [0.29, 0.717) is 17.1 Å². The lowest BCUT2D eigenvalue weighted by Crippen LogP contribution is -2.22. The number of aromatic nitrogens is 1. The zero-order valence-electron chi connectivity index (χ0n) is 11.5. The van der Waals surface area contributed by atoms with Crippen LogP contribution in [-0.2, 0) is 4.79 Å². The van der Waals surface area contributed by atoms with Crippen molar-refractivity contribution in [1.29, 1.82) is 0 Å². The summed E-state index contributed by atoms with van der Waals surface area (Å²) in [6.45, 7) is 1.72. The molecule has 21 heavy (non-hydrogen) atoms. The van der Waals surface area contributed by atoms with Gasteiger partial charge in [-0.1, -0.05) is 30.4 Å². The number of thiocarbonyl (C=S) groups is 1. The first-order valence-corrected chi connectivity index (χ1v) is 6.72. The van der Waals surface area contributed by atoms with Crippen LogP contribution in [0.4, 0.5) is 5.82 Å². The molecule has 0 bridgehead atoms. The Labute approximate surface area is 128 Å². The van der Waals surface area contributed by atoms with Crippen molar-refractivity contribution < 1.29 is 9.53 Å². The second kappa shape index (κ2) is 6.81. The molecule has 108 valence electrons. The zero-order valence-corrected chi connectivity index (χ0v) is 12.3. The highest BCUT2D eigenvalue weighted by molar-refractivity contribution is 7.80. The molecule has 1 heterocycles. The zero-order chi connectivity index (χ0) is 15.2. The van der Waals surface area contributed by atoms with E-state index in [0.717, 1.165) is 5.56 Å². The maximum Gasteiger partial charge on any atom is 0.263 e. The molecule has 0 spiro atoms. The highest BCUT2D eigenvalue weighted by Gasteiger charge is 2.09. The SMILES string of the molecule is Cc1cccnc1NC(=O)COc1ccccc1C(N)=S. The number of anilines is 1. The highest BCUT2D eigenvalue weighted by atomic mass is 32.1. The number of nitrogens with zero attached hydrogens (tertiary/aromatic N) is 1. The van der Waals surface area contributed by atoms with Crippen molar-refractivity contribution in [1.82, 2.24) is 4.98 Å². The van der Waals surface area contributed by atoms with Gasteiger partial charge in [-0.05, 0) is 30.7 Å². The molecule has 0 fully saturated rings. The Kier molecular flexibility index (Phi) is 4.84. The third kappa shape index (κ3) is 4.00. The number of carbonyl (C=O) groups is 1. The number of para-hydroxylation sites is 1. The normalized spacial score (nSPS) is 9.95. The third-order valence-electron chi connectivity index (χ3n) is 2.78. The molecule has 0 saturated heterocycles. The molecule has 3 N–H and O–H groups in total. The number of amides is 1. The van der Waals surface area contributed by atoms with Crippen LogP contribution in [0.5, 0.6) is 5.75 Å². The number of rotatable bonds is 5. The summed E-state index contributed by atoms with van der Waals surface area (Å²) in [5.74, 6) is 0.709. The number of aryl methyl sites for hydroxylation is 1. The predicted molar refractivity (Wildman–Crippen MR) is 85.4 cm³/mol. The Balaban J connectivity index is 1.99. The molecule has 2 rings (SSSR count). The Morgan fingerprint density at radius 2 is 2.10 bits per heavy atom. The molecule has 1 aromatic carbocycles. The van der Waals surface area contributed by atoms with Crippen LogP contribution in [0.1, 0.15) is 11.1 Å². The fourth-order valence-electron chi connectivity index (χ4n) is 1.72. The number of nitrogens with one attached hydrogen (secondary N) is 1. The molecule has 0 atom stereocenters. The first-order chi connectivity index (χ1) is 10.1. The van der Waals surface area contributed by atoms with Gasteiger partial charge in [-0.2, -0.15) is 0 Å². The van der Waals surface area contributed by atoms with Gasteiger partial charge in [0.1, 0.15) is 16.6 Å². The molecule has 0 unspecified atom stereocenters. The summed E-state index contributed by atoms with van der Waals surface area (Å²) in [7, 11) is 0. The molecular formula is C15H15N3O2S. The van der Waals surface area contributed by atoms with Crippen molar-refractivity contribution in [3.05, 3.63) is 53.7 Å². The van der Waals surface area contributed by atoms with Crippen molar-refractivity contribution >= 4 is 28.9 Å². The number of nitrogens with two attached hydrogens (primary N) is 1. The second-order valence-corrected chi connectivity index (χ2v) is 4.81. The second-order valence-electron chi connectivity index (χ2n) is 4.37. The van der Waals surface area contributed by atoms with E-state index in [4.69, 9.17) is 22.7 Å². The quantitative estimate of drug-likeness (QED) is 0.826. The molecule has 2 aromatic rings. The number of hydrogen-bond donors (Lipinski definition) is 2. The lowest BCUT2D eigenvalue weighted by Gasteiger charge is -2.11. The number of benzene rings is 1. The van der Waals surface area contributed by atoms with Gasteiger partial charge in [-0.25, -0.2) is 4.98 Å². The van der Waals surface area contributed by atoms with Crippen molar-refractivity contribution in [2.24, 2.45) is 5.73 Å². The van der Waals surface area contributed by atoms with E-state index in [2.05, 4.69) is 10.3 Å². The van der Waals surface area contributed by atoms with Gasteiger partial charge in [-0.3, -0.25) is 4.79 Å². The molecular weight excluding hydrogens is 286 g/mol. The summed E-state index contributed by atoms with van der Waals surface area (Å²) in [5, 5.41) is 2.69. The van der Waals surface area contributed by atoms with Crippen LogP contribution in [-0.4, -0.2) is 22.5 Å². The van der Waals surface area contributed by atoms with Gasteiger partial charge in [0, 0.05) is 6.20 Å². The lowest BCUT2D eigenvalue weighted by molar-refractivity contribution is -0.118. The first-order valence-electron chi connectivity index (χ1n) is 6.31. The standard InChI is InChI=1S/C15H15N3O2S/c1-10-5-4-8-17-15(10)18-13(19)9-20-12-7-3-2-6-11(12)14(16)21/h2-8H,9H2,1H3,(H2,16,21)(H,17,18,19). The Bertz CT molecular complexity index is 673. The van der Waals surface area contributed by atoms with Crippen LogP contribution in [0.25, 0.3) is 0 Å². The predicted octanol–water partition coefficient (Wildman–Crippen LogP) is 2.04. The van der Waals surface area contributed by atoms with E-state index >= 15 is 0 Å². The summed E-state index contributed by atoms with van der Waals surface area (Å²) < 4.78 is 5.46. The lowest BCUT2D eigenvalue weighted by atomic mass is 10.2. The van der Waals surface area contributed by atoms with Crippen molar-refractivity contribution in [3.8, 4) is 5.75 Å². The van der Waals surface area contributed by atoms with Gasteiger partial charge in [-0.15, -0.1) is 0 Å². The Hall–Kier alpha value is -2.47. The molecule has 0 radical (unpaired) electrons. The van der Waals surface area contributed by atoms with Crippen LogP contribution in [0.3, 0.4) is 0 Å². The van der Waals surface area contributed by atoms with E-state index in [1.807, 2.05) is 13.0 Å². The van der Waals surface area contributed by atoms with Crippen molar-refractivity contribution in [2.75, 3.05) is 11.9 Å². The van der Waals surface area contributed by atoms with E-state index in [-0.39, 0.29) is 17.5 Å². The van der Waals surface area contributed by atoms with Crippen LogP contribution < -0.4 is 15.8 Å². The topological polar surface area (TPSA) is 77.2 Å². The molecule has 1 amide bonds. The fourth-order valence-corrected chi connectivity index (χ4v) is 1.89. The van der Waals surface area contributed by atoms with Crippen molar-refractivity contribution in [3.63, 3.8) is 0 Å². The molecule has 0 aliphatic heterocycles. The summed E-state index contributed by atoms with van der Waals surface area (Å²) in [6, 6.07) is 10.7. The maximum atomic E-state index is 11.9. The smallest absolute Gasteiger partial charge is 0.263 e. The first kappa shape index (κ1) is 14.9. The van der Waals surface area contributed by atoms with Gasteiger partial charge in [0.25, 0.3) is 5.91 Å². The molecule has 0 saturated carbocycles. The van der Waals surface area contributed by atoms with Crippen LogP contribution in [0.15, 0.2) is 42.6 Å². The summed E-state index contributed by atoms with van der Waals surface area (Å²) in [5.41, 5.74) is 7.09. The highest BCUT2D eigenvalue weighted by Crippen LogP contribution is 2.17. The van der Waals surface area contributed by atoms with Gasteiger partial charge < -0.3 is 15.8 Å². The van der Waals surface area contributed by atoms with Gasteiger partial charge >= 0.3 is 0 Å². The van der Waals surface area contributed by atoms with Crippen LogP contribution >= 0.6 is 12.2 Å². The molecule has 0 aliphatic carbocycles. The average molecular weight is 301 g/mol. The molecule has 1 aromatic heterocycles. The number of ether oxygens (including phenoxy) is 1. The van der Waals surface area contributed by atoms with Gasteiger partial charge in [0.2, 0.25) is 0 Å². The van der Waals surface area contributed by atoms with Gasteiger partial charge in [0.05, 0.1) is 5.56 Å². The van der Waals surface area contributed by atoms with Crippen molar-refractivity contribution in [2.45, 2.75) is 6.92 Å². The minimum atomic E-state index is -0.297. The summed E-state index contributed by atoms with van der Waals surface area (Å²) in [6.07, 6.45) is 1.62. The summed E-state index contributed by atoms with van der Waals surface area (Å²) >= 11 is 4.94. The fraction of sp³-hybridized carbons (Fsp3) is 0.133. The van der Waals surface area contributed by atoms with E-state index in [9.17, 15) is 4.79 Å². The minimum absolute atomic E-state index is 0.143. The van der Waals surface area contributed by atoms with Gasteiger partial charge in [0.15, 0.2) is 6.61 Å². The largest absolute Gasteiger partial charge is 0.483 e. The van der Waals surface area contributed by atoms with E-state index < -0.39 is 0 Å². The Morgan fingerprint density at radius 1 is 1.33 bits per heavy atom. The van der Waals surface area contributed by atoms with Crippen LogP contribution in [0, 0.1) is 6.92 Å². The molecule has 0 aliphatic rings. The maximum absolute atomic E-state index is 11.9.